The average Bonchev–Trinajstić information content (AvgIpc) is 3.90. The molecule has 396 valence electrons. The number of fused-ring (bicyclic) bond motifs is 6. The number of hydrogen-bond donors (Lipinski definition) is 2. The van der Waals surface area contributed by atoms with Gasteiger partial charge in [-0.05, 0) is 114 Å². The number of nitrogens with one attached hydrogen (secondary N) is 2. The van der Waals surface area contributed by atoms with Crippen molar-refractivity contribution in [3.05, 3.63) is 47.8 Å². The van der Waals surface area contributed by atoms with Gasteiger partial charge in [-0.15, -0.1) is 0 Å². The monoisotopic (exact) mass is 1010 g/mol. The fraction of sp³-hybridized carbons (Fsp3) is 0.643. The molecule has 2 unspecified atom stereocenters. The van der Waals surface area contributed by atoms with Crippen molar-refractivity contribution in [3.63, 3.8) is 0 Å². The predicted molar refractivity (Wildman–Crippen MR) is 277 cm³/mol. The topological polar surface area (TPSA) is 168 Å². The molecule has 5 aliphatic rings. The summed E-state index contributed by atoms with van der Waals surface area (Å²) in [6.07, 6.45) is 3.32. The molecular formula is C56H77FN8O8. The van der Waals surface area contributed by atoms with Crippen LogP contribution in [0, 0.1) is 29.1 Å². The Morgan fingerprint density at radius 1 is 1.08 bits per heavy atom. The first-order valence-corrected chi connectivity index (χ1v) is 26.5. The van der Waals surface area contributed by atoms with Gasteiger partial charge in [0, 0.05) is 106 Å². The highest BCUT2D eigenvalue weighted by Crippen LogP contribution is 2.43. The molecule has 0 spiro atoms. The van der Waals surface area contributed by atoms with Crippen LogP contribution in [0.1, 0.15) is 118 Å². The predicted octanol–water partition coefficient (Wildman–Crippen LogP) is 6.18. The van der Waals surface area contributed by atoms with Crippen LogP contribution in [-0.2, 0) is 51.1 Å². The molecule has 1 aromatic carbocycles. The largest absolute Gasteiger partial charge is 0.464 e. The number of rotatable bonds is 11. The number of carbonyl (C=O) groups is 5. The van der Waals surface area contributed by atoms with Crippen LogP contribution in [0.15, 0.2) is 36.5 Å². The Bertz CT molecular complexity index is 2640. The van der Waals surface area contributed by atoms with Gasteiger partial charge in [-0.1, -0.05) is 33.6 Å². The van der Waals surface area contributed by atoms with E-state index in [1.165, 1.54) is 12.1 Å². The summed E-state index contributed by atoms with van der Waals surface area (Å²) in [7, 11) is 3.09. The van der Waals surface area contributed by atoms with Crippen LogP contribution in [0.25, 0.3) is 22.2 Å². The van der Waals surface area contributed by atoms with Crippen LogP contribution in [-0.4, -0.2) is 149 Å². The van der Waals surface area contributed by atoms with Crippen molar-refractivity contribution in [3.8, 4) is 23.1 Å². The first kappa shape index (κ1) is 53.9. The van der Waals surface area contributed by atoms with Gasteiger partial charge in [0.1, 0.15) is 18.1 Å². The van der Waals surface area contributed by atoms with Crippen molar-refractivity contribution in [1.29, 1.82) is 0 Å². The molecule has 1 aliphatic carbocycles. The number of hydrazine groups is 1. The number of pyridine rings is 1. The Balaban J connectivity index is 1.08. The Morgan fingerprint density at radius 2 is 1.85 bits per heavy atom. The third-order valence-corrected chi connectivity index (χ3v) is 15.9. The number of likely N-dealkylation sites (N-methyl/N-ethyl adjacent to an activating group) is 1. The summed E-state index contributed by atoms with van der Waals surface area (Å²) in [6.45, 7) is 20.0. The van der Waals surface area contributed by atoms with Crippen LogP contribution >= 0.6 is 0 Å². The van der Waals surface area contributed by atoms with Gasteiger partial charge in [-0.3, -0.25) is 38.9 Å². The number of likely N-dealkylation sites (tertiary alicyclic amines) is 1. The lowest BCUT2D eigenvalue weighted by molar-refractivity contribution is -0.156. The van der Waals surface area contributed by atoms with E-state index >= 15 is 4.39 Å². The Morgan fingerprint density at radius 3 is 2.55 bits per heavy atom. The number of carbonyl (C=O) groups excluding carboxylic acids is 5. The maximum Gasteiger partial charge on any atom is 0.324 e. The number of morpholine rings is 1. The van der Waals surface area contributed by atoms with Crippen molar-refractivity contribution < 1.29 is 42.6 Å². The van der Waals surface area contributed by atoms with Crippen LogP contribution < -0.4 is 15.6 Å². The van der Waals surface area contributed by atoms with Gasteiger partial charge in [0.05, 0.1) is 42.3 Å². The molecule has 3 aromatic rings. The highest BCUT2D eigenvalue weighted by atomic mass is 19.1. The fourth-order valence-electron chi connectivity index (χ4n) is 11.6. The molecule has 2 aromatic heterocycles. The van der Waals surface area contributed by atoms with E-state index in [1.807, 2.05) is 26.8 Å². The molecule has 4 fully saturated rings. The third-order valence-electron chi connectivity index (χ3n) is 15.9. The van der Waals surface area contributed by atoms with Gasteiger partial charge in [-0.25, -0.2) is 9.82 Å². The Kier molecular flexibility index (Phi) is 16.1. The molecule has 2 N–H and O–H groups in total. The molecule has 0 radical (unpaired) electrons. The number of aryl methyl sites for hydroxylation is 1. The summed E-state index contributed by atoms with van der Waals surface area (Å²) in [5, 5.41) is 5.44. The minimum absolute atomic E-state index is 0.0722. The normalized spacial score (nSPS) is 25.8. The summed E-state index contributed by atoms with van der Waals surface area (Å²) in [4.78, 5) is 81.4. The van der Waals surface area contributed by atoms with Gasteiger partial charge in [-0.2, -0.15) is 0 Å². The van der Waals surface area contributed by atoms with Gasteiger partial charge in [0.25, 0.3) is 11.8 Å². The van der Waals surface area contributed by atoms with Gasteiger partial charge >= 0.3 is 5.97 Å². The first-order chi connectivity index (χ1) is 34.6. The number of halogens is 1. The van der Waals surface area contributed by atoms with E-state index < -0.39 is 76.4 Å². The van der Waals surface area contributed by atoms with Crippen LogP contribution in [0.2, 0.25) is 0 Å². The lowest BCUT2D eigenvalue weighted by atomic mass is 9.84. The van der Waals surface area contributed by atoms with E-state index in [9.17, 15) is 24.0 Å². The van der Waals surface area contributed by atoms with Crippen molar-refractivity contribution in [1.82, 2.24) is 35.1 Å². The third kappa shape index (κ3) is 11.3. The summed E-state index contributed by atoms with van der Waals surface area (Å²) in [6, 6.07) is 7.37. The van der Waals surface area contributed by atoms with Crippen molar-refractivity contribution in [2.24, 2.45) is 17.3 Å². The number of hydrogen-bond acceptors (Lipinski definition) is 12. The molecule has 7 atom stereocenters. The van der Waals surface area contributed by atoms with E-state index in [-0.39, 0.29) is 50.7 Å². The smallest absolute Gasteiger partial charge is 0.324 e. The zero-order valence-corrected chi connectivity index (χ0v) is 44.6. The second-order valence-electron chi connectivity index (χ2n) is 22.6. The molecule has 6 heterocycles. The molecule has 3 amide bonds. The number of cyclic esters (lactones) is 1. The molecule has 8 rings (SSSR count). The highest BCUT2D eigenvalue weighted by Gasteiger charge is 2.51. The van der Waals surface area contributed by atoms with E-state index in [4.69, 9.17) is 19.2 Å². The molecule has 16 nitrogen and oxygen atoms in total. The number of amides is 3. The zero-order valence-electron chi connectivity index (χ0n) is 44.6. The standard InChI is InChI=1S/C56H77FN8O8/c1-11-64-45-18-17-38-29-41(45)42(49(64)40-15-12-23-58-47(40)36(4)71-10)32-54(5,6)34-73-52(69)43-16-13-26-65(60-43)51(68)44(30-39-33-62(38)27-28-72-39)59-50(67)48(35(2)3)61(9)53(70)56(57)22-19-37(31-56)46(66)20-21-55(7,8)63-24-14-25-63/h12,15,17-18,23,29,35-37,39,43-44,48,60H,11,13-14,16,19,22,24-28,30-34H2,1-10H3,(H,59,67)/t36-,37?,39-,43-,44-,48?,56+/m0/s1. The average molecular weight is 1010 g/mol. The summed E-state index contributed by atoms with van der Waals surface area (Å²) in [5.74, 6) is 1.73. The minimum Gasteiger partial charge on any atom is -0.464 e. The lowest BCUT2D eigenvalue weighted by Crippen LogP contribution is -2.63. The molecule has 73 heavy (non-hydrogen) atoms. The van der Waals surface area contributed by atoms with Gasteiger partial charge in [0.2, 0.25) is 11.7 Å². The SMILES string of the molecule is CCn1c(-c2cccnc2[C@H](C)OC)c2c3cc(ccc31)N1CCO[C@@H](C[C@H](NC(=O)C(C(C)C)N(C)C(=O)[C@@]3(F)CCC(C(=O)C#CC(C)(C)N4CCC4)C3)C(=O)N3CCC[C@H](N3)C(=O)OCC(C)(C)C2)C1. The number of aromatic nitrogens is 2. The van der Waals surface area contributed by atoms with Gasteiger partial charge < -0.3 is 33.9 Å². The number of ketones is 1. The Labute approximate surface area is 430 Å². The number of anilines is 1. The number of esters is 1. The molecule has 3 saturated heterocycles. The number of ether oxygens (including phenoxy) is 3. The fourth-order valence-corrected chi connectivity index (χ4v) is 11.6. The number of nitrogens with zero attached hydrogens (tertiary/aromatic N) is 6. The lowest BCUT2D eigenvalue weighted by Gasteiger charge is -2.41. The number of alkyl halides is 1. The van der Waals surface area contributed by atoms with Crippen LogP contribution in [0.4, 0.5) is 10.1 Å². The molecule has 6 bridgehead atoms. The summed E-state index contributed by atoms with van der Waals surface area (Å²) >= 11 is 0. The van der Waals surface area contributed by atoms with E-state index in [2.05, 4.69) is 82.0 Å². The van der Waals surface area contributed by atoms with Crippen molar-refractivity contribution in [2.75, 3.05) is 65.0 Å². The molecule has 4 aliphatic heterocycles. The maximum absolute atomic E-state index is 16.9. The van der Waals surface area contributed by atoms with Crippen molar-refractivity contribution >= 4 is 46.1 Å². The van der Waals surface area contributed by atoms with Gasteiger partial charge in [0.15, 0.2) is 5.67 Å². The number of Topliss-reactive ketones (excluding diaryl/α,β-unsaturated/α-hetero) is 1. The second-order valence-corrected chi connectivity index (χ2v) is 22.6. The van der Waals surface area contributed by atoms with Crippen molar-refractivity contribution in [2.45, 2.75) is 155 Å². The number of methoxy groups -OCH3 is 1. The molecular weight excluding hydrogens is 932 g/mol. The zero-order chi connectivity index (χ0) is 52.6. The summed E-state index contributed by atoms with van der Waals surface area (Å²) < 4.78 is 37.5. The quantitative estimate of drug-likeness (QED) is 0.127. The minimum atomic E-state index is -2.38. The first-order valence-electron chi connectivity index (χ1n) is 26.5. The maximum atomic E-state index is 16.9. The Hall–Kier alpha value is -5.41. The number of benzene rings is 1. The van der Waals surface area contributed by atoms with Crippen LogP contribution in [0.3, 0.4) is 0 Å². The van der Waals surface area contributed by atoms with E-state index in [1.54, 1.807) is 27.2 Å². The summed E-state index contributed by atoms with van der Waals surface area (Å²) in [5.41, 5.74) is 5.70. The molecule has 17 heteroatoms. The van der Waals surface area contributed by atoms with E-state index in [0.29, 0.717) is 45.5 Å². The highest BCUT2D eigenvalue weighted by molar-refractivity contribution is 6.00. The molecule has 1 saturated carbocycles. The van der Waals surface area contributed by atoms with Crippen LogP contribution in [0.5, 0.6) is 0 Å². The van der Waals surface area contributed by atoms with E-state index in [0.717, 1.165) is 63.5 Å². The second kappa shape index (κ2) is 21.8.